The Bertz CT molecular complexity index is 465. The quantitative estimate of drug-likeness (QED) is 0.666. The fraction of sp³-hybridized carbons (Fsp3) is 0.462. The van der Waals surface area contributed by atoms with Crippen molar-refractivity contribution in [3.05, 3.63) is 33.8 Å². The fourth-order valence-corrected chi connectivity index (χ4v) is 2.34. The van der Waals surface area contributed by atoms with Gasteiger partial charge in [-0.15, -0.1) is 0 Å². The molecule has 0 unspecified atom stereocenters. The van der Waals surface area contributed by atoms with Gasteiger partial charge in [0.25, 0.3) is 5.91 Å². The van der Waals surface area contributed by atoms with Gasteiger partial charge in [0, 0.05) is 24.7 Å². The highest BCUT2D eigenvalue weighted by Gasteiger charge is 2.12. The third-order valence-electron chi connectivity index (χ3n) is 2.95. The van der Waals surface area contributed by atoms with Crippen LogP contribution >= 0.6 is 23.2 Å². The standard InChI is InChI=1S/C13H16Cl2N2O3/c14-10-1-2-11(12(15)9-10)13(18)16-20-8-5-17-3-6-19-7-4-17/h1-2,9H,3-8H2,(H,16,18). The molecule has 0 aliphatic carbocycles. The van der Waals surface area contributed by atoms with E-state index in [0.717, 1.165) is 32.8 Å². The third kappa shape index (κ3) is 4.61. The number of halogens is 2. The lowest BCUT2D eigenvalue weighted by Gasteiger charge is -2.26. The van der Waals surface area contributed by atoms with Gasteiger partial charge >= 0.3 is 0 Å². The summed E-state index contributed by atoms with van der Waals surface area (Å²) in [6.45, 7) is 4.43. The van der Waals surface area contributed by atoms with E-state index >= 15 is 0 Å². The second-order valence-electron chi connectivity index (χ2n) is 4.36. The van der Waals surface area contributed by atoms with Crippen molar-refractivity contribution in [2.45, 2.75) is 0 Å². The van der Waals surface area contributed by atoms with Gasteiger partial charge in [0.2, 0.25) is 0 Å². The van der Waals surface area contributed by atoms with E-state index in [0.29, 0.717) is 22.2 Å². The van der Waals surface area contributed by atoms with Gasteiger partial charge in [-0.05, 0) is 18.2 Å². The lowest BCUT2D eigenvalue weighted by Crippen LogP contribution is -2.39. The number of nitrogens with one attached hydrogen (secondary N) is 1. The Morgan fingerprint density at radius 1 is 1.35 bits per heavy atom. The molecule has 1 aromatic rings. The number of morpholine rings is 1. The van der Waals surface area contributed by atoms with Crippen molar-refractivity contribution >= 4 is 29.1 Å². The Balaban J connectivity index is 1.72. The van der Waals surface area contributed by atoms with Crippen molar-refractivity contribution < 1.29 is 14.4 Å². The molecule has 1 aliphatic rings. The summed E-state index contributed by atoms with van der Waals surface area (Å²) in [6.07, 6.45) is 0. The minimum Gasteiger partial charge on any atom is -0.379 e. The Morgan fingerprint density at radius 3 is 2.80 bits per heavy atom. The first-order valence-electron chi connectivity index (χ1n) is 6.34. The van der Waals surface area contributed by atoms with Crippen LogP contribution in [-0.4, -0.2) is 50.3 Å². The number of carbonyl (C=O) groups is 1. The van der Waals surface area contributed by atoms with E-state index in [2.05, 4.69) is 10.4 Å². The first kappa shape index (κ1) is 15.5. The number of carbonyl (C=O) groups excluding carboxylic acids is 1. The van der Waals surface area contributed by atoms with Crippen molar-refractivity contribution in [1.82, 2.24) is 10.4 Å². The number of hydrogen-bond acceptors (Lipinski definition) is 4. The molecule has 1 fully saturated rings. The van der Waals surface area contributed by atoms with Crippen LogP contribution in [0.1, 0.15) is 10.4 Å². The molecule has 1 amide bonds. The lowest BCUT2D eigenvalue weighted by atomic mass is 10.2. The molecule has 0 aromatic heterocycles. The normalized spacial score (nSPS) is 16.1. The molecule has 0 bridgehead atoms. The fourth-order valence-electron chi connectivity index (χ4n) is 1.84. The number of ether oxygens (including phenoxy) is 1. The maximum absolute atomic E-state index is 11.8. The van der Waals surface area contributed by atoms with Gasteiger partial charge in [-0.2, -0.15) is 0 Å². The van der Waals surface area contributed by atoms with Gasteiger partial charge in [0.1, 0.15) is 0 Å². The molecular weight excluding hydrogens is 303 g/mol. The molecule has 2 rings (SSSR count). The molecule has 1 aliphatic heterocycles. The third-order valence-corrected chi connectivity index (χ3v) is 3.50. The van der Waals surface area contributed by atoms with Crippen molar-refractivity contribution in [3.63, 3.8) is 0 Å². The number of hydrogen-bond donors (Lipinski definition) is 1. The Labute approximate surface area is 127 Å². The predicted octanol–water partition coefficient (Wildman–Crippen LogP) is 1.99. The first-order valence-corrected chi connectivity index (χ1v) is 7.09. The largest absolute Gasteiger partial charge is 0.379 e. The predicted molar refractivity (Wildman–Crippen MR) is 77.1 cm³/mol. The average Bonchev–Trinajstić information content (AvgIpc) is 2.44. The minimum absolute atomic E-state index is 0.298. The van der Waals surface area contributed by atoms with Crippen LogP contribution in [0.2, 0.25) is 10.0 Å². The zero-order valence-electron chi connectivity index (χ0n) is 10.9. The van der Waals surface area contributed by atoms with Gasteiger partial charge in [-0.1, -0.05) is 23.2 Å². The highest BCUT2D eigenvalue weighted by molar-refractivity contribution is 6.36. The molecule has 5 nitrogen and oxygen atoms in total. The van der Waals surface area contributed by atoms with E-state index < -0.39 is 0 Å². The summed E-state index contributed by atoms with van der Waals surface area (Å²) in [5.41, 5.74) is 2.71. The van der Waals surface area contributed by atoms with Crippen LogP contribution in [0.25, 0.3) is 0 Å². The molecule has 1 aromatic carbocycles. The summed E-state index contributed by atoms with van der Waals surface area (Å²) < 4.78 is 5.25. The molecule has 1 heterocycles. The van der Waals surface area contributed by atoms with Crippen LogP contribution < -0.4 is 5.48 Å². The van der Waals surface area contributed by atoms with Crippen LogP contribution in [0.3, 0.4) is 0 Å². The van der Waals surface area contributed by atoms with Gasteiger partial charge in [0.15, 0.2) is 0 Å². The maximum Gasteiger partial charge on any atom is 0.276 e. The van der Waals surface area contributed by atoms with E-state index in [9.17, 15) is 4.79 Å². The summed E-state index contributed by atoms with van der Waals surface area (Å²) in [7, 11) is 0. The molecule has 0 radical (unpaired) electrons. The number of amides is 1. The number of hydroxylamine groups is 1. The molecule has 110 valence electrons. The van der Waals surface area contributed by atoms with Crippen molar-refractivity contribution in [2.75, 3.05) is 39.5 Å². The highest BCUT2D eigenvalue weighted by Crippen LogP contribution is 2.20. The molecule has 0 atom stereocenters. The van der Waals surface area contributed by atoms with Gasteiger partial charge < -0.3 is 4.74 Å². The summed E-state index contributed by atoms with van der Waals surface area (Å²) in [4.78, 5) is 19.2. The molecule has 7 heteroatoms. The van der Waals surface area contributed by atoms with Gasteiger partial charge in [0.05, 0.1) is 30.4 Å². The van der Waals surface area contributed by atoms with Gasteiger partial charge in [-0.3, -0.25) is 14.5 Å². The van der Waals surface area contributed by atoms with Crippen molar-refractivity contribution in [1.29, 1.82) is 0 Å². The SMILES string of the molecule is O=C(NOCCN1CCOCC1)c1ccc(Cl)cc1Cl. The first-order chi connectivity index (χ1) is 9.66. The summed E-state index contributed by atoms with van der Waals surface area (Å²) >= 11 is 11.7. The number of benzene rings is 1. The van der Waals surface area contributed by atoms with E-state index in [1.165, 1.54) is 6.07 Å². The van der Waals surface area contributed by atoms with E-state index in [1.807, 2.05) is 0 Å². The van der Waals surface area contributed by atoms with E-state index in [1.54, 1.807) is 12.1 Å². The second-order valence-corrected chi connectivity index (χ2v) is 5.20. The van der Waals surface area contributed by atoms with Crippen molar-refractivity contribution in [3.8, 4) is 0 Å². The average molecular weight is 319 g/mol. The summed E-state index contributed by atoms with van der Waals surface area (Å²) in [5.74, 6) is -0.381. The molecule has 1 saturated heterocycles. The zero-order valence-corrected chi connectivity index (χ0v) is 12.4. The van der Waals surface area contributed by atoms with Crippen molar-refractivity contribution in [2.24, 2.45) is 0 Å². The highest BCUT2D eigenvalue weighted by atomic mass is 35.5. The van der Waals surface area contributed by atoms with Gasteiger partial charge in [-0.25, -0.2) is 5.48 Å². The summed E-state index contributed by atoms with van der Waals surface area (Å²) in [6, 6.07) is 4.69. The zero-order chi connectivity index (χ0) is 14.4. The van der Waals surface area contributed by atoms with E-state index in [-0.39, 0.29) is 5.91 Å². The molecular formula is C13H16Cl2N2O3. The Morgan fingerprint density at radius 2 is 2.10 bits per heavy atom. The maximum atomic E-state index is 11.8. The van der Waals surface area contributed by atoms with Crippen LogP contribution in [-0.2, 0) is 9.57 Å². The molecule has 20 heavy (non-hydrogen) atoms. The molecule has 0 saturated carbocycles. The number of nitrogens with zero attached hydrogens (tertiary/aromatic N) is 1. The van der Waals surface area contributed by atoms with Crippen LogP contribution in [0.4, 0.5) is 0 Å². The Hall–Kier alpha value is -0.850. The lowest BCUT2D eigenvalue weighted by molar-refractivity contribution is -0.00176. The minimum atomic E-state index is -0.381. The smallest absolute Gasteiger partial charge is 0.276 e. The molecule has 0 spiro atoms. The Kier molecular flexibility index (Phi) is 6.06. The van der Waals surface area contributed by atoms with Crippen LogP contribution in [0.15, 0.2) is 18.2 Å². The van der Waals surface area contributed by atoms with E-state index in [4.69, 9.17) is 32.8 Å². The second kappa shape index (κ2) is 7.81. The topological polar surface area (TPSA) is 50.8 Å². The molecule has 1 N–H and O–H groups in total. The number of rotatable bonds is 5. The summed E-state index contributed by atoms with van der Waals surface area (Å²) in [5, 5.41) is 0.784. The van der Waals surface area contributed by atoms with Crippen LogP contribution in [0, 0.1) is 0 Å². The van der Waals surface area contributed by atoms with Crippen LogP contribution in [0.5, 0.6) is 0 Å². The monoisotopic (exact) mass is 318 g/mol.